The van der Waals surface area contributed by atoms with E-state index >= 15 is 0 Å². The molecule has 1 rings (SSSR count). The van der Waals surface area contributed by atoms with Gasteiger partial charge in [-0.2, -0.15) is 5.10 Å². The number of hydrogen-bond donors (Lipinski definition) is 1. The van der Waals surface area contributed by atoms with Gasteiger partial charge < -0.3 is 15.0 Å². The molecule has 0 fully saturated rings. The lowest BCUT2D eigenvalue weighted by atomic mass is 10.1. The molecule has 1 amide bonds. The molecule has 0 radical (unpaired) electrons. The van der Waals surface area contributed by atoms with Crippen LogP contribution in [0.1, 0.15) is 54.2 Å². The summed E-state index contributed by atoms with van der Waals surface area (Å²) < 4.78 is 7.32. The number of nitrogens with one attached hydrogen (secondary N) is 1. The molecule has 1 aromatic heterocycles. The van der Waals surface area contributed by atoms with E-state index in [-0.39, 0.29) is 11.6 Å². The Bertz CT molecular complexity index is 524. The topological polar surface area (TPSA) is 59.4 Å². The monoisotopic (exact) mass is 324 g/mol. The fourth-order valence-electron chi connectivity index (χ4n) is 2.26. The molecule has 0 aliphatic rings. The Labute approximate surface area is 140 Å². The van der Waals surface area contributed by atoms with Crippen LogP contribution in [0.5, 0.6) is 0 Å². The third kappa shape index (κ3) is 6.12. The molecular weight excluding hydrogens is 292 g/mol. The summed E-state index contributed by atoms with van der Waals surface area (Å²) in [5.74, 6) is 0. The number of anilines is 1. The highest BCUT2D eigenvalue weighted by Crippen LogP contribution is 2.19. The molecule has 23 heavy (non-hydrogen) atoms. The first kappa shape index (κ1) is 19.3. The Balaban J connectivity index is 2.70. The van der Waals surface area contributed by atoms with Crippen LogP contribution >= 0.6 is 0 Å². The fraction of sp³-hybridized carbons (Fsp3) is 0.765. The lowest BCUT2D eigenvalue weighted by Crippen LogP contribution is -2.49. The second-order valence-corrected chi connectivity index (χ2v) is 7.75. The van der Waals surface area contributed by atoms with Crippen molar-refractivity contribution in [3.63, 3.8) is 0 Å². The smallest absolute Gasteiger partial charge is 0.410 e. The van der Waals surface area contributed by atoms with Crippen LogP contribution in [-0.2, 0) is 18.2 Å². The third-order valence-corrected chi connectivity index (χ3v) is 3.31. The second kappa shape index (κ2) is 7.23. The van der Waals surface area contributed by atoms with Crippen LogP contribution in [0.2, 0.25) is 0 Å². The summed E-state index contributed by atoms with van der Waals surface area (Å²) in [5, 5.41) is 7.78. The van der Waals surface area contributed by atoms with E-state index in [0.717, 1.165) is 17.8 Å². The van der Waals surface area contributed by atoms with Crippen LogP contribution in [0, 0.1) is 0 Å². The largest absolute Gasteiger partial charge is 0.444 e. The fourth-order valence-corrected chi connectivity index (χ4v) is 2.26. The van der Waals surface area contributed by atoms with Gasteiger partial charge in [0.25, 0.3) is 0 Å². The van der Waals surface area contributed by atoms with E-state index in [1.165, 1.54) is 0 Å². The number of ether oxygens (including phenoxy) is 1. The van der Waals surface area contributed by atoms with Crippen molar-refractivity contribution in [3.05, 3.63) is 11.9 Å². The van der Waals surface area contributed by atoms with Gasteiger partial charge in [-0.25, -0.2) is 4.79 Å². The predicted octanol–water partition coefficient (Wildman–Crippen LogP) is 3.43. The van der Waals surface area contributed by atoms with Gasteiger partial charge in [0.1, 0.15) is 5.60 Å². The van der Waals surface area contributed by atoms with E-state index in [2.05, 4.69) is 17.3 Å². The highest BCUT2D eigenvalue weighted by Gasteiger charge is 2.30. The van der Waals surface area contributed by atoms with Gasteiger partial charge in [-0.3, -0.25) is 4.68 Å². The molecule has 0 spiro atoms. The van der Waals surface area contributed by atoms with Crippen molar-refractivity contribution in [2.24, 2.45) is 7.05 Å². The van der Waals surface area contributed by atoms with E-state index in [9.17, 15) is 4.79 Å². The van der Waals surface area contributed by atoms with Crippen molar-refractivity contribution in [2.45, 2.75) is 66.0 Å². The van der Waals surface area contributed by atoms with Crippen LogP contribution < -0.4 is 5.32 Å². The van der Waals surface area contributed by atoms with Crippen molar-refractivity contribution in [1.29, 1.82) is 0 Å². The van der Waals surface area contributed by atoms with Gasteiger partial charge >= 0.3 is 6.09 Å². The first-order chi connectivity index (χ1) is 10.4. The number of aryl methyl sites for hydroxylation is 2. The summed E-state index contributed by atoms with van der Waals surface area (Å²) in [6.07, 6.45) is 2.56. The molecule has 0 atom stereocenters. The van der Waals surface area contributed by atoms with Crippen molar-refractivity contribution in [2.75, 3.05) is 18.4 Å². The van der Waals surface area contributed by atoms with Gasteiger partial charge in [0.05, 0.1) is 11.4 Å². The average molecular weight is 324 g/mol. The first-order valence-electron chi connectivity index (χ1n) is 8.21. The molecule has 0 bridgehead atoms. The highest BCUT2D eigenvalue weighted by atomic mass is 16.6. The first-order valence-corrected chi connectivity index (χ1v) is 8.21. The lowest BCUT2D eigenvalue weighted by molar-refractivity contribution is 0.00749. The van der Waals surface area contributed by atoms with Gasteiger partial charge in [0, 0.05) is 31.9 Å². The maximum absolute atomic E-state index is 12.4. The zero-order valence-electron chi connectivity index (χ0n) is 15.9. The van der Waals surface area contributed by atoms with Gasteiger partial charge in [-0.1, -0.05) is 6.92 Å². The van der Waals surface area contributed by atoms with Crippen molar-refractivity contribution < 1.29 is 9.53 Å². The molecule has 1 N–H and O–H groups in total. The predicted molar refractivity (Wildman–Crippen MR) is 93.8 cm³/mol. The Morgan fingerprint density at radius 1 is 1.30 bits per heavy atom. The van der Waals surface area contributed by atoms with Crippen LogP contribution in [0.3, 0.4) is 0 Å². The van der Waals surface area contributed by atoms with E-state index < -0.39 is 5.60 Å². The van der Waals surface area contributed by atoms with E-state index in [1.807, 2.05) is 54.8 Å². The summed E-state index contributed by atoms with van der Waals surface area (Å²) in [7, 11) is 1.91. The molecule has 0 aromatic carbocycles. The average Bonchev–Trinajstić information content (AvgIpc) is 2.71. The van der Waals surface area contributed by atoms with E-state index in [4.69, 9.17) is 4.74 Å². The maximum Gasteiger partial charge on any atom is 0.410 e. The Kier molecular flexibility index (Phi) is 6.08. The minimum Gasteiger partial charge on any atom is -0.444 e. The van der Waals surface area contributed by atoms with Crippen LogP contribution in [-0.4, -0.2) is 45.0 Å². The normalized spacial score (nSPS) is 12.2. The molecule has 0 saturated heterocycles. The van der Waals surface area contributed by atoms with Gasteiger partial charge in [0.15, 0.2) is 0 Å². The molecule has 132 valence electrons. The quantitative estimate of drug-likeness (QED) is 0.901. The van der Waals surface area contributed by atoms with Crippen LogP contribution in [0.25, 0.3) is 0 Å². The minimum atomic E-state index is -0.493. The lowest BCUT2D eigenvalue weighted by Gasteiger charge is -2.36. The SMILES string of the molecule is CCc1nn(C)cc1NCCN(C(=O)OC(C)(C)C)C(C)(C)C. The maximum atomic E-state index is 12.4. The van der Waals surface area contributed by atoms with E-state index in [1.54, 1.807) is 9.58 Å². The van der Waals surface area contributed by atoms with Gasteiger partial charge in [-0.15, -0.1) is 0 Å². The molecule has 1 aromatic rings. The summed E-state index contributed by atoms with van der Waals surface area (Å²) in [6.45, 7) is 15.0. The number of rotatable bonds is 5. The summed E-state index contributed by atoms with van der Waals surface area (Å²) in [6, 6.07) is 0. The van der Waals surface area contributed by atoms with Crippen LogP contribution in [0.15, 0.2) is 6.20 Å². The second-order valence-electron chi connectivity index (χ2n) is 7.75. The molecular formula is C17H32N4O2. The van der Waals surface area contributed by atoms with Crippen LogP contribution in [0.4, 0.5) is 10.5 Å². The zero-order valence-corrected chi connectivity index (χ0v) is 15.9. The number of hydrogen-bond acceptors (Lipinski definition) is 4. The van der Waals surface area contributed by atoms with Crippen molar-refractivity contribution in [1.82, 2.24) is 14.7 Å². The van der Waals surface area contributed by atoms with E-state index in [0.29, 0.717) is 13.1 Å². The number of nitrogens with zero attached hydrogens (tertiary/aromatic N) is 3. The molecule has 0 unspecified atom stereocenters. The van der Waals surface area contributed by atoms with Gasteiger partial charge in [0.2, 0.25) is 0 Å². The van der Waals surface area contributed by atoms with Gasteiger partial charge in [-0.05, 0) is 48.0 Å². The molecule has 6 nitrogen and oxygen atoms in total. The number of carbonyl (C=O) groups excluding carboxylic acids is 1. The summed E-state index contributed by atoms with van der Waals surface area (Å²) in [4.78, 5) is 14.2. The molecule has 0 saturated carbocycles. The Morgan fingerprint density at radius 3 is 2.39 bits per heavy atom. The highest BCUT2D eigenvalue weighted by molar-refractivity contribution is 5.69. The third-order valence-electron chi connectivity index (χ3n) is 3.31. The summed E-state index contributed by atoms with van der Waals surface area (Å²) in [5.41, 5.74) is 1.26. The Hall–Kier alpha value is -1.72. The molecule has 1 heterocycles. The molecule has 6 heteroatoms. The number of amides is 1. The van der Waals surface area contributed by atoms with Crippen molar-refractivity contribution in [3.8, 4) is 0 Å². The molecule has 0 aliphatic carbocycles. The Morgan fingerprint density at radius 2 is 1.91 bits per heavy atom. The standard InChI is InChI=1S/C17H32N4O2/c1-9-13-14(12-20(8)19-13)18-10-11-21(16(2,3)4)15(22)23-17(5,6)7/h12,18H,9-11H2,1-8H3. The number of aromatic nitrogens is 2. The number of carbonyl (C=O) groups is 1. The van der Waals surface area contributed by atoms with Crippen molar-refractivity contribution >= 4 is 11.8 Å². The zero-order chi connectivity index (χ0) is 17.8. The minimum absolute atomic E-state index is 0.284. The molecule has 0 aliphatic heterocycles. The summed E-state index contributed by atoms with van der Waals surface area (Å²) >= 11 is 0.